The first-order valence-electron chi connectivity index (χ1n) is 6.08. The van der Waals surface area contributed by atoms with Crippen LogP contribution in [0.25, 0.3) is 10.9 Å². The van der Waals surface area contributed by atoms with Crippen LogP contribution in [0.1, 0.15) is 5.56 Å². The Morgan fingerprint density at radius 3 is 2.68 bits per heavy atom. The van der Waals surface area contributed by atoms with Crippen LogP contribution >= 0.6 is 0 Å². The molecule has 0 aliphatic heterocycles. The van der Waals surface area contributed by atoms with E-state index >= 15 is 0 Å². The molecule has 0 aliphatic rings. The highest BCUT2D eigenvalue weighted by Crippen LogP contribution is 2.16. The quantitative estimate of drug-likeness (QED) is 0.780. The van der Waals surface area contributed by atoms with Crippen molar-refractivity contribution in [2.24, 2.45) is 0 Å². The standard InChI is InChI=1S/C15H14N2O2/c1-19-12-7-8-13-14(9-12)16-17(15(13)18)10-11-5-3-2-4-6-11/h2-9,16H,10H2,1H3. The lowest BCUT2D eigenvalue weighted by Crippen LogP contribution is -2.17. The van der Waals surface area contributed by atoms with Gasteiger partial charge in [-0.3, -0.25) is 9.89 Å². The number of ether oxygens (including phenoxy) is 1. The van der Waals surface area contributed by atoms with Crippen LogP contribution in [0.15, 0.2) is 53.3 Å². The molecule has 0 atom stereocenters. The molecule has 1 aromatic heterocycles. The number of aromatic amines is 1. The highest BCUT2D eigenvalue weighted by Gasteiger charge is 2.07. The number of hydrogen-bond acceptors (Lipinski definition) is 2. The first-order chi connectivity index (χ1) is 9.28. The fraction of sp³-hybridized carbons (Fsp3) is 0.133. The maximum Gasteiger partial charge on any atom is 0.274 e. The summed E-state index contributed by atoms with van der Waals surface area (Å²) in [5, 5.41) is 3.79. The minimum Gasteiger partial charge on any atom is -0.497 e. The van der Waals surface area contributed by atoms with Crippen LogP contribution in [-0.4, -0.2) is 16.9 Å². The zero-order chi connectivity index (χ0) is 13.2. The van der Waals surface area contributed by atoms with Crippen molar-refractivity contribution in [1.29, 1.82) is 0 Å². The van der Waals surface area contributed by atoms with Crippen molar-refractivity contribution in [3.63, 3.8) is 0 Å². The fourth-order valence-corrected chi connectivity index (χ4v) is 2.15. The molecule has 4 heteroatoms. The predicted molar refractivity (Wildman–Crippen MR) is 74.7 cm³/mol. The van der Waals surface area contributed by atoms with Crippen molar-refractivity contribution in [1.82, 2.24) is 9.78 Å². The number of rotatable bonds is 3. The molecule has 1 heterocycles. The second-order valence-electron chi connectivity index (χ2n) is 4.40. The summed E-state index contributed by atoms with van der Waals surface area (Å²) in [6.45, 7) is 0.538. The average Bonchev–Trinajstić information content (AvgIpc) is 2.76. The Balaban J connectivity index is 2.05. The molecule has 19 heavy (non-hydrogen) atoms. The minimum absolute atomic E-state index is 0.0125. The lowest BCUT2D eigenvalue weighted by atomic mass is 10.2. The number of nitrogens with zero attached hydrogens (tertiary/aromatic N) is 1. The third-order valence-electron chi connectivity index (χ3n) is 3.14. The summed E-state index contributed by atoms with van der Waals surface area (Å²) in [4.78, 5) is 12.2. The van der Waals surface area contributed by atoms with Gasteiger partial charge in [-0.05, 0) is 17.7 Å². The van der Waals surface area contributed by atoms with Crippen LogP contribution in [-0.2, 0) is 6.54 Å². The van der Waals surface area contributed by atoms with Crippen LogP contribution < -0.4 is 10.3 Å². The van der Waals surface area contributed by atoms with Crippen molar-refractivity contribution in [2.45, 2.75) is 6.54 Å². The van der Waals surface area contributed by atoms with Gasteiger partial charge in [0.1, 0.15) is 5.75 Å². The maximum atomic E-state index is 12.2. The number of nitrogens with one attached hydrogen (secondary N) is 1. The first-order valence-corrected chi connectivity index (χ1v) is 6.08. The van der Waals surface area contributed by atoms with E-state index in [4.69, 9.17) is 4.74 Å². The third-order valence-corrected chi connectivity index (χ3v) is 3.14. The smallest absolute Gasteiger partial charge is 0.274 e. The molecule has 0 aliphatic carbocycles. The monoisotopic (exact) mass is 254 g/mol. The highest BCUT2D eigenvalue weighted by molar-refractivity contribution is 5.79. The van der Waals surface area contributed by atoms with Crippen molar-refractivity contribution >= 4 is 10.9 Å². The molecule has 0 radical (unpaired) electrons. The van der Waals surface area contributed by atoms with Crippen molar-refractivity contribution in [3.8, 4) is 5.75 Å². The van der Waals surface area contributed by atoms with E-state index in [-0.39, 0.29) is 5.56 Å². The van der Waals surface area contributed by atoms with Gasteiger partial charge >= 0.3 is 0 Å². The number of fused-ring (bicyclic) bond motifs is 1. The molecule has 0 saturated carbocycles. The molecule has 0 amide bonds. The summed E-state index contributed by atoms with van der Waals surface area (Å²) in [6.07, 6.45) is 0. The summed E-state index contributed by atoms with van der Waals surface area (Å²) in [5.41, 5.74) is 1.87. The van der Waals surface area contributed by atoms with Gasteiger partial charge in [-0.1, -0.05) is 30.3 Å². The predicted octanol–water partition coefficient (Wildman–Crippen LogP) is 2.39. The van der Waals surface area contributed by atoms with Crippen LogP contribution in [0.3, 0.4) is 0 Å². The number of methoxy groups -OCH3 is 1. The Morgan fingerprint density at radius 2 is 1.95 bits per heavy atom. The number of benzene rings is 2. The maximum absolute atomic E-state index is 12.2. The second-order valence-corrected chi connectivity index (χ2v) is 4.40. The minimum atomic E-state index is -0.0125. The summed E-state index contributed by atoms with van der Waals surface area (Å²) < 4.78 is 6.77. The molecule has 4 nitrogen and oxygen atoms in total. The van der Waals surface area contributed by atoms with Crippen molar-refractivity contribution in [2.75, 3.05) is 7.11 Å². The molecule has 3 rings (SSSR count). The number of hydrogen-bond donors (Lipinski definition) is 1. The lowest BCUT2D eigenvalue weighted by molar-refractivity contribution is 0.415. The Labute approximate surface area is 110 Å². The molecule has 0 bridgehead atoms. The van der Waals surface area contributed by atoms with E-state index in [1.54, 1.807) is 23.9 Å². The fourth-order valence-electron chi connectivity index (χ4n) is 2.15. The highest BCUT2D eigenvalue weighted by atomic mass is 16.5. The van der Waals surface area contributed by atoms with Gasteiger partial charge in [0.2, 0.25) is 0 Å². The summed E-state index contributed by atoms with van der Waals surface area (Å²) in [5.74, 6) is 0.737. The Hall–Kier alpha value is -2.49. The normalized spacial score (nSPS) is 10.8. The molecule has 0 saturated heterocycles. The van der Waals surface area contributed by atoms with Gasteiger partial charge < -0.3 is 4.74 Å². The van der Waals surface area contributed by atoms with Gasteiger partial charge in [0.25, 0.3) is 5.56 Å². The molecule has 0 spiro atoms. The number of H-pyrrole nitrogens is 1. The van der Waals surface area contributed by atoms with E-state index in [9.17, 15) is 4.79 Å². The van der Waals surface area contributed by atoms with Crippen LogP contribution in [0.2, 0.25) is 0 Å². The van der Waals surface area contributed by atoms with Gasteiger partial charge in [0.15, 0.2) is 0 Å². The molecule has 0 unspecified atom stereocenters. The molecular weight excluding hydrogens is 240 g/mol. The molecule has 1 N–H and O–H groups in total. The summed E-state index contributed by atoms with van der Waals surface area (Å²) in [6, 6.07) is 15.3. The zero-order valence-corrected chi connectivity index (χ0v) is 10.6. The van der Waals surface area contributed by atoms with E-state index in [2.05, 4.69) is 5.10 Å². The van der Waals surface area contributed by atoms with Gasteiger partial charge in [-0.25, -0.2) is 4.68 Å². The number of aromatic nitrogens is 2. The SMILES string of the molecule is COc1ccc2c(=O)n(Cc3ccccc3)[nH]c2c1. The Morgan fingerprint density at radius 1 is 1.16 bits per heavy atom. The van der Waals surface area contributed by atoms with Gasteiger partial charge in [0.05, 0.1) is 24.6 Å². The van der Waals surface area contributed by atoms with Crippen LogP contribution in [0.4, 0.5) is 0 Å². The third kappa shape index (κ3) is 2.12. The zero-order valence-electron chi connectivity index (χ0n) is 10.6. The van der Waals surface area contributed by atoms with Gasteiger partial charge in [-0.2, -0.15) is 0 Å². The molecule has 2 aromatic carbocycles. The van der Waals surface area contributed by atoms with Gasteiger partial charge in [0, 0.05) is 6.07 Å². The van der Waals surface area contributed by atoms with E-state index in [0.29, 0.717) is 11.9 Å². The summed E-state index contributed by atoms with van der Waals surface area (Å²) in [7, 11) is 1.61. The largest absolute Gasteiger partial charge is 0.497 e. The van der Waals surface area contributed by atoms with Gasteiger partial charge in [-0.15, -0.1) is 0 Å². The topological polar surface area (TPSA) is 47.0 Å². The van der Waals surface area contributed by atoms with E-state index < -0.39 is 0 Å². The molecular formula is C15H14N2O2. The van der Waals surface area contributed by atoms with E-state index in [1.807, 2.05) is 36.4 Å². The average molecular weight is 254 g/mol. The molecule has 0 fully saturated rings. The molecule has 3 aromatic rings. The van der Waals surface area contributed by atoms with Crippen molar-refractivity contribution in [3.05, 3.63) is 64.4 Å². The summed E-state index contributed by atoms with van der Waals surface area (Å²) >= 11 is 0. The van der Waals surface area contributed by atoms with E-state index in [1.165, 1.54) is 0 Å². The Bertz CT molecular complexity index is 757. The lowest BCUT2D eigenvalue weighted by Gasteiger charge is -2.01. The van der Waals surface area contributed by atoms with Crippen LogP contribution in [0, 0.1) is 0 Å². The van der Waals surface area contributed by atoms with Crippen LogP contribution in [0.5, 0.6) is 5.75 Å². The van der Waals surface area contributed by atoms with E-state index in [0.717, 1.165) is 16.8 Å². The van der Waals surface area contributed by atoms with Crippen molar-refractivity contribution < 1.29 is 4.74 Å². The first kappa shape index (κ1) is 11.6. The second kappa shape index (κ2) is 4.65. The molecule has 96 valence electrons. The Kier molecular flexibility index (Phi) is 2.83.